The van der Waals surface area contributed by atoms with Crippen LogP contribution in [-0.4, -0.2) is 33.5 Å². The molecule has 0 aliphatic heterocycles. The van der Waals surface area contributed by atoms with Crippen LogP contribution >= 0.6 is 15.9 Å². The lowest BCUT2D eigenvalue weighted by Crippen LogP contribution is -1.99. The highest BCUT2D eigenvalue weighted by atomic mass is 79.9. The molecule has 0 amide bonds. The lowest BCUT2D eigenvalue weighted by Gasteiger charge is -2.03. The van der Waals surface area contributed by atoms with Gasteiger partial charge in [0, 0.05) is 10.9 Å². The molecule has 4 aromatic rings. The maximum atomic E-state index is 5.20. The molecule has 0 saturated carbocycles. The first-order chi connectivity index (χ1) is 12.2. The van der Waals surface area contributed by atoms with Gasteiger partial charge in [0.15, 0.2) is 5.65 Å². The molecular formula is C17H13BrN6O. The number of fused-ring (bicyclic) bond motifs is 3. The zero-order valence-electron chi connectivity index (χ0n) is 13.2. The molecule has 0 saturated heterocycles. The SMILES string of the molecule is COc1ccc(/C=N/Nc2nnc3c(n2)[nH]c2ccccc23)cc1Br. The Morgan fingerprint density at radius 1 is 1.20 bits per heavy atom. The van der Waals surface area contributed by atoms with Gasteiger partial charge in [-0.25, -0.2) is 5.43 Å². The first-order valence-corrected chi connectivity index (χ1v) is 8.27. The summed E-state index contributed by atoms with van der Waals surface area (Å²) in [6, 6.07) is 13.5. The van der Waals surface area contributed by atoms with E-state index in [2.05, 4.69) is 46.6 Å². The van der Waals surface area contributed by atoms with Crippen LogP contribution in [0.5, 0.6) is 5.75 Å². The molecule has 7 nitrogen and oxygen atoms in total. The standard InChI is InChI=1S/C17H13BrN6O/c1-25-14-7-6-10(8-12(14)18)9-19-23-17-21-16-15(22-24-17)11-4-2-3-5-13(11)20-16/h2-9H,1H3,(H2,20,21,23,24)/b19-9+. The predicted octanol–water partition coefficient (Wildman–Crippen LogP) is 3.72. The van der Waals surface area contributed by atoms with E-state index >= 15 is 0 Å². The summed E-state index contributed by atoms with van der Waals surface area (Å²) < 4.78 is 6.06. The summed E-state index contributed by atoms with van der Waals surface area (Å²) in [4.78, 5) is 7.63. The Morgan fingerprint density at radius 2 is 2.08 bits per heavy atom. The van der Waals surface area contributed by atoms with Crippen molar-refractivity contribution in [2.75, 3.05) is 12.5 Å². The Bertz CT molecular complexity index is 1090. The molecule has 0 radical (unpaired) electrons. The number of rotatable bonds is 4. The van der Waals surface area contributed by atoms with E-state index in [4.69, 9.17) is 4.74 Å². The number of aromatic amines is 1. The number of aromatic nitrogens is 4. The summed E-state index contributed by atoms with van der Waals surface area (Å²) >= 11 is 3.44. The van der Waals surface area contributed by atoms with Crippen LogP contribution in [0.1, 0.15) is 5.56 Å². The van der Waals surface area contributed by atoms with Gasteiger partial charge in [-0.2, -0.15) is 10.1 Å². The second kappa shape index (κ2) is 6.48. The molecule has 2 N–H and O–H groups in total. The largest absolute Gasteiger partial charge is 0.496 e. The number of nitrogens with one attached hydrogen (secondary N) is 2. The van der Waals surface area contributed by atoms with Gasteiger partial charge in [0.2, 0.25) is 0 Å². The molecule has 0 bridgehead atoms. The van der Waals surface area contributed by atoms with Crippen molar-refractivity contribution < 1.29 is 4.74 Å². The minimum absolute atomic E-state index is 0.322. The van der Waals surface area contributed by atoms with E-state index in [1.54, 1.807) is 13.3 Å². The number of anilines is 1. The fourth-order valence-corrected chi connectivity index (χ4v) is 3.05. The molecule has 124 valence electrons. The molecule has 8 heteroatoms. The Labute approximate surface area is 151 Å². The molecule has 0 atom stereocenters. The first kappa shape index (κ1) is 15.5. The molecule has 0 fully saturated rings. The highest BCUT2D eigenvalue weighted by Gasteiger charge is 2.08. The summed E-state index contributed by atoms with van der Waals surface area (Å²) in [5, 5.41) is 13.4. The van der Waals surface area contributed by atoms with E-state index in [1.807, 2.05) is 42.5 Å². The minimum Gasteiger partial charge on any atom is -0.496 e. The Kier molecular flexibility index (Phi) is 4.02. The third-order valence-electron chi connectivity index (χ3n) is 3.68. The lowest BCUT2D eigenvalue weighted by molar-refractivity contribution is 0.412. The third kappa shape index (κ3) is 3.03. The quantitative estimate of drug-likeness (QED) is 0.405. The molecule has 0 unspecified atom stereocenters. The van der Waals surface area contributed by atoms with Crippen LogP contribution in [0.4, 0.5) is 5.95 Å². The first-order valence-electron chi connectivity index (χ1n) is 7.48. The molecule has 2 heterocycles. The number of hydrogen-bond donors (Lipinski definition) is 2. The number of H-pyrrole nitrogens is 1. The molecule has 0 aliphatic rings. The second-order valence-electron chi connectivity index (χ2n) is 5.27. The van der Waals surface area contributed by atoms with Crippen molar-refractivity contribution >= 4 is 50.2 Å². The smallest absolute Gasteiger partial charge is 0.265 e. The number of benzene rings is 2. The zero-order valence-corrected chi connectivity index (χ0v) is 14.8. The van der Waals surface area contributed by atoms with Gasteiger partial charge in [-0.3, -0.25) is 0 Å². The number of para-hydroxylation sites is 1. The number of nitrogens with zero attached hydrogens (tertiary/aromatic N) is 4. The number of ether oxygens (including phenoxy) is 1. The van der Waals surface area contributed by atoms with Crippen LogP contribution in [0.3, 0.4) is 0 Å². The van der Waals surface area contributed by atoms with Crippen molar-refractivity contribution in [3.63, 3.8) is 0 Å². The average molecular weight is 397 g/mol. The van der Waals surface area contributed by atoms with Gasteiger partial charge in [-0.15, -0.1) is 10.2 Å². The Hall–Kier alpha value is -3.00. The van der Waals surface area contributed by atoms with Crippen LogP contribution < -0.4 is 10.2 Å². The maximum Gasteiger partial charge on any atom is 0.265 e. The van der Waals surface area contributed by atoms with E-state index in [0.29, 0.717) is 11.6 Å². The molecule has 0 aliphatic carbocycles. The summed E-state index contributed by atoms with van der Waals surface area (Å²) in [5.74, 6) is 1.09. The van der Waals surface area contributed by atoms with Crippen LogP contribution in [0.25, 0.3) is 22.1 Å². The van der Waals surface area contributed by atoms with Crippen molar-refractivity contribution in [3.8, 4) is 5.75 Å². The van der Waals surface area contributed by atoms with Crippen molar-refractivity contribution in [1.29, 1.82) is 0 Å². The van der Waals surface area contributed by atoms with Gasteiger partial charge in [-0.05, 0) is 45.8 Å². The maximum absolute atomic E-state index is 5.20. The van der Waals surface area contributed by atoms with Crippen molar-refractivity contribution in [3.05, 3.63) is 52.5 Å². The highest BCUT2D eigenvalue weighted by molar-refractivity contribution is 9.10. The van der Waals surface area contributed by atoms with Gasteiger partial charge >= 0.3 is 0 Å². The van der Waals surface area contributed by atoms with Crippen LogP contribution in [0.15, 0.2) is 52.0 Å². The fourth-order valence-electron chi connectivity index (χ4n) is 2.50. The molecular weight excluding hydrogens is 384 g/mol. The van der Waals surface area contributed by atoms with Gasteiger partial charge in [0.1, 0.15) is 11.3 Å². The van der Waals surface area contributed by atoms with Crippen molar-refractivity contribution in [2.24, 2.45) is 5.10 Å². The normalized spacial score (nSPS) is 11.4. The molecule has 2 aromatic heterocycles. The monoisotopic (exact) mass is 396 g/mol. The van der Waals surface area contributed by atoms with Crippen LogP contribution in [0.2, 0.25) is 0 Å². The summed E-state index contributed by atoms with van der Waals surface area (Å²) in [5.41, 5.74) is 6.08. The van der Waals surface area contributed by atoms with Crippen molar-refractivity contribution in [2.45, 2.75) is 0 Å². The number of methoxy groups -OCH3 is 1. The minimum atomic E-state index is 0.322. The average Bonchev–Trinajstić information content (AvgIpc) is 2.99. The predicted molar refractivity (Wildman–Crippen MR) is 101 cm³/mol. The van der Waals surface area contributed by atoms with E-state index in [9.17, 15) is 0 Å². The van der Waals surface area contributed by atoms with E-state index < -0.39 is 0 Å². The van der Waals surface area contributed by atoms with E-state index in [-0.39, 0.29) is 0 Å². The van der Waals surface area contributed by atoms with Gasteiger partial charge in [0.25, 0.3) is 5.95 Å². The lowest BCUT2D eigenvalue weighted by atomic mass is 10.2. The molecule has 25 heavy (non-hydrogen) atoms. The molecule has 4 rings (SSSR count). The van der Waals surface area contributed by atoms with Crippen LogP contribution in [-0.2, 0) is 0 Å². The highest BCUT2D eigenvalue weighted by Crippen LogP contribution is 2.25. The third-order valence-corrected chi connectivity index (χ3v) is 4.30. The van der Waals surface area contributed by atoms with Gasteiger partial charge < -0.3 is 9.72 Å². The number of halogens is 1. The fraction of sp³-hybridized carbons (Fsp3) is 0.0588. The molecule has 0 spiro atoms. The Balaban J connectivity index is 1.56. The molecule has 2 aromatic carbocycles. The zero-order chi connectivity index (χ0) is 17.2. The van der Waals surface area contributed by atoms with E-state index in [1.165, 1.54) is 0 Å². The summed E-state index contributed by atoms with van der Waals surface area (Å²) in [7, 11) is 1.62. The topological polar surface area (TPSA) is 88.1 Å². The Morgan fingerprint density at radius 3 is 2.92 bits per heavy atom. The van der Waals surface area contributed by atoms with E-state index in [0.717, 1.165) is 32.2 Å². The van der Waals surface area contributed by atoms with Gasteiger partial charge in [0.05, 0.1) is 17.8 Å². The van der Waals surface area contributed by atoms with Gasteiger partial charge in [-0.1, -0.05) is 18.2 Å². The number of hydrogen-bond acceptors (Lipinski definition) is 6. The summed E-state index contributed by atoms with van der Waals surface area (Å²) in [6.07, 6.45) is 1.67. The second-order valence-corrected chi connectivity index (χ2v) is 6.12. The summed E-state index contributed by atoms with van der Waals surface area (Å²) in [6.45, 7) is 0. The van der Waals surface area contributed by atoms with Crippen molar-refractivity contribution in [1.82, 2.24) is 20.2 Å². The number of hydrazone groups is 1. The van der Waals surface area contributed by atoms with Crippen LogP contribution in [0, 0.1) is 0 Å².